The van der Waals surface area contributed by atoms with Crippen LogP contribution in [0.1, 0.15) is 37.5 Å². The lowest BCUT2D eigenvalue weighted by molar-refractivity contribution is 0.269. The molecule has 0 aliphatic rings. The molecule has 0 amide bonds. The SMILES string of the molecule is CCOc1cc(CNCC(C)C)ccc1OCc1cccc(C)c1. The molecule has 0 fully saturated rings. The molecule has 0 aliphatic heterocycles. The Kier molecular flexibility index (Phi) is 7.13. The first-order valence-electron chi connectivity index (χ1n) is 8.73. The van der Waals surface area contributed by atoms with Gasteiger partial charge in [0.2, 0.25) is 0 Å². The first-order chi connectivity index (χ1) is 11.6. The molecule has 0 heterocycles. The maximum atomic E-state index is 5.98. The second-order valence-corrected chi connectivity index (χ2v) is 6.52. The van der Waals surface area contributed by atoms with E-state index in [9.17, 15) is 0 Å². The molecule has 0 atom stereocenters. The Bertz CT molecular complexity index is 637. The van der Waals surface area contributed by atoms with Gasteiger partial charge in [-0.25, -0.2) is 0 Å². The van der Waals surface area contributed by atoms with Gasteiger partial charge in [0, 0.05) is 6.54 Å². The lowest BCUT2D eigenvalue weighted by atomic mass is 10.1. The van der Waals surface area contributed by atoms with Crippen molar-refractivity contribution in [3.63, 3.8) is 0 Å². The highest BCUT2D eigenvalue weighted by atomic mass is 16.5. The first-order valence-corrected chi connectivity index (χ1v) is 8.73. The second kappa shape index (κ2) is 9.33. The molecule has 3 nitrogen and oxygen atoms in total. The average Bonchev–Trinajstić information content (AvgIpc) is 2.54. The molecule has 0 bridgehead atoms. The molecule has 0 aliphatic carbocycles. The summed E-state index contributed by atoms with van der Waals surface area (Å²) in [5, 5.41) is 3.46. The van der Waals surface area contributed by atoms with Crippen molar-refractivity contribution in [3.8, 4) is 11.5 Å². The van der Waals surface area contributed by atoms with Crippen LogP contribution in [0, 0.1) is 12.8 Å². The van der Waals surface area contributed by atoms with Crippen LogP contribution in [0.2, 0.25) is 0 Å². The fourth-order valence-corrected chi connectivity index (χ4v) is 2.52. The zero-order valence-electron chi connectivity index (χ0n) is 15.3. The fourth-order valence-electron chi connectivity index (χ4n) is 2.52. The highest BCUT2D eigenvalue weighted by Crippen LogP contribution is 2.29. The van der Waals surface area contributed by atoms with E-state index < -0.39 is 0 Å². The van der Waals surface area contributed by atoms with Gasteiger partial charge in [-0.1, -0.05) is 49.7 Å². The summed E-state index contributed by atoms with van der Waals surface area (Å²) in [5.41, 5.74) is 3.62. The summed E-state index contributed by atoms with van der Waals surface area (Å²) >= 11 is 0. The zero-order chi connectivity index (χ0) is 17.4. The summed E-state index contributed by atoms with van der Waals surface area (Å²) in [6, 6.07) is 14.5. The van der Waals surface area contributed by atoms with Crippen LogP contribution in [0.5, 0.6) is 11.5 Å². The van der Waals surface area contributed by atoms with Crippen molar-refractivity contribution in [1.29, 1.82) is 0 Å². The van der Waals surface area contributed by atoms with Crippen LogP contribution in [-0.4, -0.2) is 13.2 Å². The van der Waals surface area contributed by atoms with Gasteiger partial charge in [0.1, 0.15) is 6.61 Å². The molecule has 0 saturated heterocycles. The predicted molar refractivity (Wildman–Crippen MR) is 99.7 cm³/mol. The third kappa shape index (κ3) is 5.89. The van der Waals surface area contributed by atoms with Crippen molar-refractivity contribution in [2.75, 3.05) is 13.2 Å². The lowest BCUT2D eigenvalue weighted by Crippen LogP contribution is -2.19. The minimum absolute atomic E-state index is 0.548. The van der Waals surface area contributed by atoms with Crippen molar-refractivity contribution in [2.24, 2.45) is 5.92 Å². The standard InChI is InChI=1S/C21H29NO2/c1-5-23-21-12-18(14-22-13-16(2)3)9-10-20(21)24-15-19-8-6-7-17(4)11-19/h6-12,16,22H,5,13-15H2,1-4H3. The number of nitrogens with one attached hydrogen (secondary N) is 1. The minimum atomic E-state index is 0.548. The quantitative estimate of drug-likeness (QED) is 0.723. The fraction of sp³-hybridized carbons (Fsp3) is 0.429. The van der Waals surface area contributed by atoms with Gasteiger partial charge in [-0.05, 0) is 49.6 Å². The number of rotatable bonds is 9. The van der Waals surface area contributed by atoms with E-state index in [2.05, 4.69) is 62.5 Å². The Balaban J connectivity index is 2.02. The molecule has 3 heteroatoms. The molecule has 0 aromatic heterocycles. The number of hydrogen-bond acceptors (Lipinski definition) is 3. The van der Waals surface area contributed by atoms with Crippen molar-refractivity contribution in [2.45, 2.75) is 40.8 Å². The van der Waals surface area contributed by atoms with E-state index in [1.165, 1.54) is 16.7 Å². The van der Waals surface area contributed by atoms with Gasteiger partial charge in [-0.3, -0.25) is 0 Å². The van der Waals surface area contributed by atoms with Crippen LogP contribution in [0.4, 0.5) is 0 Å². The van der Waals surface area contributed by atoms with Crippen molar-refractivity contribution < 1.29 is 9.47 Å². The number of aryl methyl sites for hydroxylation is 1. The maximum absolute atomic E-state index is 5.98. The summed E-state index contributed by atoms with van der Waals surface area (Å²) in [7, 11) is 0. The summed E-state index contributed by atoms with van der Waals surface area (Å²) in [5.74, 6) is 2.26. The molecule has 0 spiro atoms. The molecule has 1 N–H and O–H groups in total. The molecule has 24 heavy (non-hydrogen) atoms. The minimum Gasteiger partial charge on any atom is -0.490 e. The van der Waals surface area contributed by atoms with E-state index in [-0.39, 0.29) is 0 Å². The Labute approximate surface area is 146 Å². The highest BCUT2D eigenvalue weighted by Gasteiger charge is 2.07. The molecule has 2 aromatic rings. The normalized spacial score (nSPS) is 10.9. The third-order valence-electron chi connectivity index (χ3n) is 3.67. The van der Waals surface area contributed by atoms with Gasteiger partial charge in [-0.2, -0.15) is 0 Å². The van der Waals surface area contributed by atoms with Crippen molar-refractivity contribution in [3.05, 3.63) is 59.2 Å². The van der Waals surface area contributed by atoms with E-state index in [0.29, 0.717) is 19.1 Å². The third-order valence-corrected chi connectivity index (χ3v) is 3.67. The van der Waals surface area contributed by atoms with Crippen molar-refractivity contribution >= 4 is 0 Å². The molecule has 2 aromatic carbocycles. The smallest absolute Gasteiger partial charge is 0.161 e. The molecule has 0 saturated carbocycles. The van der Waals surface area contributed by atoms with E-state index in [1.807, 2.05) is 13.0 Å². The van der Waals surface area contributed by atoms with Crippen LogP contribution in [0.15, 0.2) is 42.5 Å². The summed E-state index contributed by atoms with van der Waals surface area (Å²) in [4.78, 5) is 0. The van der Waals surface area contributed by atoms with E-state index in [0.717, 1.165) is 24.6 Å². The Morgan fingerprint density at radius 3 is 2.50 bits per heavy atom. The summed E-state index contributed by atoms with van der Waals surface area (Å²) in [6.07, 6.45) is 0. The number of hydrogen-bond donors (Lipinski definition) is 1. The van der Waals surface area contributed by atoms with Crippen LogP contribution in [-0.2, 0) is 13.2 Å². The lowest BCUT2D eigenvalue weighted by Gasteiger charge is -2.14. The van der Waals surface area contributed by atoms with Gasteiger partial charge in [0.05, 0.1) is 6.61 Å². The first kappa shape index (κ1) is 18.3. The largest absolute Gasteiger partial charge is 0.490 e. The van der Waals surface area contributed by atoms with E-state index in [4.69, 9.17) is 9.47 Å². The van der Waals surface area contributed by atoms with Crippen LogP contribution >= 0.6 is 0 Å². The second-order valence-electron chi connectivity index (χ2n) is 6.52. The van der Waals surface area contributed by atoms with Crippen LogP contribution < -0.4 is 14.8 Å². The van der Waals surface area contributed by atoms with Gasteiger partial charge >= 0.3 is 0 Å². The van der Waals surface area contributed by atoms with Gasteiger partial charge in [-0.15, -0.1) is 0 Å². The molecular weight excluding hydrogens is 298 g/mol. The number of benzene rings is 2. The Morgan fingerprint density at radius 2 is 1.79 bits per heavy atom. The average molecular weight is 327 g/mol. The van der Waals surface area contributed by atoms with E-state index in [1.54, 1.807) is 0 Å². The monoisotopic (exact) mass is 327 g/mol. The van der Waals surface area contributed by atoms with E-state index >= 15 is 0 Å². The van der Waals surface area contributed by atoms with Gasteiger partial charge in [0.25, 0.3) is 0 Å². The van der Waals surface area contributed by atoms with Crippen LogP contribution in [0.25, 0.3) is 0 Å². The topological polar surface area (TPSA) is 30.5 Å². The van der Waals surface area contributed by atoms with Crippen LogP contribution in [0.3, 0.4) is 0 Å². The molecule has 0 unspecified atom stereocenters. The zero-order valence-corrected chi connectivity index (χ0v) is 15.3. The summed E-state index contributed by atoms with van der Waals surface area (Å²) < 4.78 is 11.7. The number of ether oxygens (including phenoxy) is 2. The Hall–Kier alpha value is -2.00. The molecule has 2 rings (SSSR count). The predicted octanol–water partition coefficient (Wildman–Crippen LogP) is 4.72. The Morgan fingerprint density at radius 1 is 0.958 bits per heavy atom. The molecule has 130 valence electrons. The van der Waals surface area contributed by atoms with Crippen molar-refractivity contribution in [1.82, 2.24) is 5.32 Å². The van der Waals surface area contributed by atoms with Gasteiger partial charge < -0.3 is 14.8 Å². The highest BCUT2D eigenvalue weighted by molar-refractivity contribution is 5.43. The van der Waals surface area contributed by atoms with Gasteiger partial charge in [0.15, 0.2) is 11.5 Å². The molecular formula is C21H29NO2. The molecule has 0 radical (unpaired) electrons. The summed E-state index contributed by atoms with van der Waals surface area (Å²) in [6.45, 7) is 11.5. The maximum Gasteiger partial charge on any atom is 0.161 e.